The van der Waals surface area contributed by atoms with Crippen molar-refractivity contribution < 1.29 is 29.3 Å². The van der Waals surface area contributed by atoms with Crippen molar-refractivity contribution in [2.75, 3.05) is 25.1 Å². The Morgan fingerprint density at radius 3 is 2.79 bits per heavy atom. The van der Waals surface area contributed by atoms with E-state index < -0.39 is 23.9 Å². The topological polar surface area (TPSA) is 138 Å². The van der Waals surface area contributed by atoms with E-state index in [1.165, 1.54) is 0 Å². The van der Waals surface area contributed by atoms with E-state index in [0.717, 1.165) is 11.3 Å². The lowest BCUT2D eigenvalue weighted by Gasteiger charge is -2.13. The number of carboxylic acid groups (broad SMARTS) is 1. The maximum Gasteiger partial charge on any atom is 0.321 e. The van der Waals surface area contributed by atoms with Crippen molar-refractivity contribution >= 4 is 34.3 Å². The van der Waals surface area contributed by atoms with Crippen LogP contribution in [0.5, 0.6) is 0 Å². The Labute approximate surface area is 143 Å². The molecule has 9 nitrogen and oxygen atoms in total. The molecule has 134 valence electrons. The van der Waals surface area contributed by atoms with E-state index in [0.29, 0.717) is 23.8 Å². The van der Waals surface area contributed by atoms with Gasteiger partial charge in [0.05, 0.1) is 25.1 Å². The van der Waals surface area contributed by atoms with Gasteiger partial charge in [-0.3, -0.25) is 14.4 Å². The third-order valence-electron chi connectivity index (χ3n) is 2.84. The number of carbonyl (C=O) groups is 3. The van der Waals surface area contributed by atoms with Gasteiger partial charge in [-0.2, -0.15) is 0 Å². The summed E-state index contributed by atoms with van der Waals surface area (Å²) in [6.45, 7) is 2.22. The molecule has 10 heteroatoms. The molecule has 1 amide bonds. The predicted octanol–water partition coefficient (Wildman–Crippen LogP) is 0.00250. The van der Waals surface area contributed by atoms with Gasteiger partial charge in [-0.15, -0.1) is 11.3 Å². The van der Waals surface area contributed by atoms with Gasteiger partial charge in [0.2, 0.25) is 5.91 Å². The van der Waals surface area contributed by atoms with Gasteiger partial charge in [0.25, 0.3) is 0 Å². The molecule has 0 saturated carbocycles. The molecule has 1 heterocycles. The molecule has 1 aromatic rings. The van der Waals surface area contributed by atoms with Crippen LogP contribution < -0.4 is 10.6 Å². The SMILES string of the molecule is CCOC(=O)Cc1csc(NC(=O)C[C@H](NCCCO)C(=O)O)n1. The quantitative estimate of drug-likeness (QED) is 0.320. The summed E-state index contributed by atoms with van der Waals surface area (Å²) in [6, 6.07) is -1.05. The Kier molecular flexibility index (Phi) is 8.90. The van der Waals surface area contributed by atoms with Crippen LogP contribution in [0.15, 0.2) is 5.38 Å². The number of aliphatic carboxylic acids is 1. The van der Waals surface area contributed by atoms with Crippen LogP contribution in [0.4, 0.5) is 5.13 Å². The van der Waals surface area contributed by atoms with Crippen LogP contribution in [0.2, 0.25) is 0 Å². The molecule has 4 N–H and O–H groups in total. The molecule has 1 aromatic heterocycles. The van der Waals surface area contributed by atoms with Gasteiger partial charge in [-0.25, -0.2) is 4.98 Å². The van der Waals surface area contributed by atoms with Gasteiger partial charge in [0.1, 0.15) is 6.04 Å². The number of thiazole rings is 1. The molecular formula is C14H21N3O6S. The number of hydrogen-bond acceptors (Lipinski definition) is 8. The number of hydrogen-bond donors (Lipinski definition) is 4. The van der Waals surface area contributed by atoms with Crippen molar-refractivity contribution in [1.29, 1.82) is 0 Å². The minimum absolute atomic E-state index is 0.0146. The maximum atomic E-state index is 11.9. The maximum absolute atomic E-state index is 11.9. The Bertz CT molecular complexity index is 562. The lowest BCUT2D eigenvalue weighted by Crippen LogP contribution is -2.40. The first kappa shape index (κ1) is 20.0. The van der Waals surface area contributed by atoms with Crippen molar-refractivity contribution in [2.24, 2.45) is 0 Å². The highest BCUT2D eigenvalue weighted by Crippen LogP contribution is 2.16. The van der Waals surface area contributed by atoms with Gasteiger partial charge in [0.15, 0.2) is 5.13 Å². The summed E-state index contributed by atoms with van der Waals surface area (Å²) >= 11 is 1.14. The number of anilines is 1. The highest BCUT2D eigenvalue weighted by molar-refractivity contribution is 7.13. The summed E-state index contributed by atoms with van der Waals surface area (Å²) in [7, 11) is 0. The summed E-state index contributed by atoms with van der Waals surface area (Å²) in [5.41, 5.74) is 0.476. The number of carbonyl (C=O) groups excluding carboxylic acids is 2. The van der Waals surface area contributed by atoms with Crippen molar-refractivity contribution in [3.63, 3.8) is 0 Å². The Morgan fingerprint density at radius 1 is 1.42 bits per heavy atom. The number of amides is 1. The van der Waals surface area contributed by atoms with Crippen LogP contribution >= 0.6 is 11.3 Å². The number of aliphatic hydroxyl groups excluding tert-OH is 1. The van der Waals surface area contributed by atoms with Crippen LogP contribution in [0.1, 0.15) is 25.5 Å². The second-order valence-corrected chi connectivity index (χ2v) is 5.66. The predicted molar refractivity (Wildman–Crippen MR) is 86.8 cm³/mol. The van der Waals surface area contributed by atoms with E-state index in [1.807, 2.05) is 0 Å². The van der Waals surface area contributed by atoms with E-state index in [9.17, 15) is 14.4 Å². The number of nitrogens with zero attached hydrogens (tertiary/aromatic N) is 1. The number of esters is 1. The average Bonchev–Trinajstić information content (AvgIpc) is 2.93. The zero-order valence-corrected chi connectivity index (χ0v) is 14.1. The Balaban J connectivity index is 2.49. The average molecular weight is 359 g/mol. The van der Waals surface area contributed by atoms with Crippen LogP contribution in [0.25, 0.3) is 0 Å². The van der Waals surface area contributed by atoms with E-state index in [1.54, 1.807) is 12.3 Å². The van der Waals surface area contributed by atoms with Crippen molar-refractivity contribution in [3.8, 4) is 0 Å². The summed E-state index contributed by atoms with van der Waals surface area (Å²) in [6.07, 6.45) is 0.142. The number of carboxylic acids is 1. The van der Waals surface area contributed by atoms with E-state index in [4.69, 9.17) is 14.9 Å². The van der Waals surface area contributed by atoms with Crippen LogP contribution in [0.3, 0.4) is 0 Å². The Hall–Kier alpha value is -2.04. The summed E-state index contributed by atoms with van der Waals surface area (Å²) < 4.78 is 4.81. The van der Waals surface area contributed by atoms with Gasteiger partial charge < -0.3 is 25.6 Å². The molecule has 0 saturated heterocycles. The van der Waals surface area contributed by atoms with Crippen molar-refractivity contribution in [1.82, 2.24) is 10.3 Å². The van der Waals surface area contributed by atoms with Gasteiger partial charge in [-0.1, -0.05) is 0 Å². The molecule has 0 spiro atoms. The fourth-order valence-corrected chi connectivity index (χ4v) is 2.49. The molecule has 0 bridgehead atoms. The minimum Gasteiger partial charge on any atom is -0.480 e. The number of ether oxygens (including phenoxy) is 1. The van der Waals surface area contributed by atoms with Gasteiger partial charge in [0, 0.05) is 12.0 Å². The van der Waals surface area contributed by atoms with Crippen LogP contribution in [-0.2, 0) is 25.5 Å². The third-order valence-corrected chi connectivity index (χ3v) is 3.65. The lowest BCUT2D eigenvalue weighted by atomic mass is 10.2. The lowest BCUT2D eigenvalue weighted by molar-refractivity contribution is -0.142. The molecule has 0 aliphatic heterocycles. The molecule has 0 unspecified atom stereocenters. The first-order valence-electron chi connectivity index (χ1n) is 7.43. The van der Waals surface area contributed by atoms with E-state index in [2.05, 4.69) is 15.6 Å². The highest BCUT2D eigenvalue weighted by Gasteiger charge is 2.21. The molecule has 0 radical (unpaired) electrons. The van der Waals surface area contributed by atoms with Crippen molar-refractivity contribution in [3.05, 3.63) is 11.1 Å². The molecule has 0 aromatic carbocycles. The monoisotopic (exact) mass is 359 g/mol. The summed E-state index contributed by atoms with van der Waals surface area (Å²) in [5, 5.41) is 24.9. The zero-order valence-electron chi connectivity index (χ0n) is 13.3. The van der Waals surface area contributed by atoms with Crippen LogP contribution in [-0.4, -0.2) is 58.8 Å². The smallest absolute Gasteiger partial charge is 0.321 e. The fourth-order valence-electron chi connectivity index (χ4n) is 1.76. The van der Waals surface area contributed by atoms with E-state index in [-0.39, 0.29) is 26.1 Å². The number of aromatic nitrogens is 1. The summed E-state index contributed by atoms with van der Waals surface area (Å²) in [5.74, 6) is -2.05. The molecule has 0 aliphatic carbocycles. The molecule has 0 aliphatic rings. The van der Waals surface area contributed by atoms with E-state index >= 15 is 0 Å². The fraction of sp³-hybridized carbons (Fsp3) is 0.571. The summed E-state index contributed by atoms with van der Waals surface area (Å²) in [4.78, 5) is 38.4. The molecule has 24 heavy (non-hydrogen) atoms. The molecule has 1 atom stereocenters. The molecule has 1 rings (SSSR count). The second kappa shape index (κ2) is 10.7. The Morgan fingerprint density at radius 2 is 2.17 bits per heavy atom. The van der Waals surface area contributed by atoms with Gasteiger partial charge in [-0.05, 0) is 19.9 Å². The zero-order chi connectivity index (χ0) is 17.9. The number of nitrogens with one attached hydrogen (secondary N) is 2. The molecule has 0 fully saturated rings. The number of aliphatic hydroxyl groups is 1. The first-order valence-corrected chi connectivity index (χ1v) is 8.31. The normalized spacial score (nSPS) is 11.8. The highest BCUT2D eigenvalue weighted by atomic mass is 32.1. The standard InChI is InChI=1S/C14H21N3O6S/c1-2-23-12(20)6-9-8-24-14(16-9)17-11(19)7-10(13(21)22)15-4-3-5-18/h8,10,15,18H,2-7H2,1H3,(H,21,22)(H,16,17,19)/t10-/m0/s1. The van der Waals surface area contributed by atoms with Gasteiger partial charge >= 0.3 is 11.9 Å². The third kappa shape index (κ3) is 7.49. The van der Waals surface area contributed by atoms with Crippen LogP contribution in [0, 0.1) is 0 Å². The largest absolute Gasteiger partial charge is 0.480 e. The molecular weight excluding hydrogens is 338 g/mol. The van der Waals surface area contributed by atoms with Crippen molar-refractivity contribution in [2.45, 2.75) is 32.2 Å². The first-order chi connectivity index (χ1) is 11.5. The number of rotatable bonds is 11. The minimum atomic E-state index is -1.15. The second-order valence-electron chi connectivity index (χ2n) is 4.80.